The molecule has 5 atom stereocenters. The number of ether oxygens (including phenoxy) is 2. The van der Waals surface area contributed by atoms with E-state index in [4.69, 9.17) is 9.47 Å². The van der Waals surface area contributed by atoms with Crippen molar-refractivity contribution in [2.45, 2.75) is 78.1 Å². The molecule has 9 nitrogen and oxygen atoms in total. The standard InChI is InChI=1S/C30H41N3O6/c1-8-18(2)25(32-29(37)39-30(4,5)6)28(36)33(23-17-19(23)3)26(22-11-9-10-12-24(22)34)27(35)31-20-13-15-21(38-7)16-14-20/h9-16,18-19,23,25-26,34H,8,17H2,1-7H3,(H,31,35)(H,32,37). The summed E-state index contributed by atoms with van der Waals surface area (Å²) in [6.45, 7) is 11.1. The average molecular weight is 540 g/mol. The molecule has 0 saturated heterocycles. The van der Waals surface area contributed by atoms with Crippen LogP contribution in [0.2, 0.25) is 0 Å². The largest absolute Gasteiger partial charge is 0.508 e. The number of nitrogens with zero attached hydrogens (tertiary/aromatic N) is 1. The lowest BCUT2D eigenvalue weighted by molar-refractivity contribution is -0.142. The van der Waals surface area contributed by atoms with Crippen LogP contribution in [0, 0.1) is 11.8 Å². The van der Waals surface area contributed by atoms with Crippen molar-refractivity contribution in [2.24, 2.45) is 11.8 Å². The minimum atomic E-state index is -1.14. The van der Waals surface area contributed by atoms with Crippen molar-refractivity contribution in [1.82, 2.24) is 10.2 Å². The number of rotatable bonds is 10. The Bertz CT molecular complexity index is 1160. The van der Waals surface area contributed by atoms with Crippen molar-refractivity contribution in [3.63, 3.8) is 0 Å². The second kappa shape index (κ2) is 12.4. The molecule has 3 N–H and O–H groups in total. The number of phenols is 1. The molecule has 0 spiro atoms. The van der Waals surface area contributed by atoms with Crippen molar-refractivity contribution in [3.05, 3.63) is 54.1 Å². The monoisotopic (exact) mass is 539 g/mol. The number of anilines is 1. The summed E-state index contributed by atoms with van der Waals surface area (Å²) in [5, 5.41) is 16.5. The van der Waals surface area contributed by atoms with Crippen LogP contribution in [-0.4, -0.2) is 52.7 Å². The molecule has 1 saturated carbocycles. The molecule has 0 bridgehead atoms. The minimum Gasteiger partial charge on any atom is -0.508 e. The van der Waals surface area contributed by atoms with Crippen LogP contribution in [0.4, 0.5) is 10.5 Å². The number of phenolic OH excluding ortho intramolecular Hbond substituents is 1. The maximum absolute atomic E-state index is 14.3. The summed E-state index contributed by atoms with van der Waals surface area (Å²) in [7, 11) is 1.56. The van der Waals surface area contributed by atoms with Gasteiger partial charge in [-0.15, -0.1) is 0 Å². The van der Waals surface area contributed by atoms with E-state index in [-0.39, 0.29) is 23.6 Å². The predicted molar refractivity (Wildman–Crippen MR) is 149 cm³/mol. The highest BCUT2D eigenvalue weighted by Crippen LogP contribution is 2.43. The molecule has 5 unspecified atom stereocenters. The van der Waals surface area contributed by atoms with Crippen LogP contribution in [0.15, 0.2) is 48.5 Å². The molecule has 0 aromatic heterocycles. The van der Waals surface area contributed by atoms with E-state index in [1.54, 1.807) is 70.3 Å². The molecule has 3 amide bonds. The molecule has 0 aliphatic heterocycles. The topological polar surface area (TPSA) is 117 Å². The Hall–Kier alpha value is -3.75. The minimum absolute atomic E-state index is 0.0984. The van der Waals surface area contributed by atoms with E-state index >= 15 is 0 Å². The second-order valence-corrected chi connectivity index (χ2v) is 11.2. The zero-order chi connectivity index (χ0) is 28.9. The van der Waals surface area contributed by atoms with Crippen LogP contribution in [0.25, 0.3) is 0 Å². The number of para-hydroxylation sites is 1. The lowest BCUT2D eigenvalue weighted by Crippen LogP contribution is -2.55. The number of alkyl carbamates (subject to hydrolysis) is 1. The highest BCUT2D eigenvalue weighted by molar-refractivity contribution is 5.99. The summed E-state index contributed by atoms with van der Waals surface area (Å²) >= 11 is 0. The Morgan fingerprint density at radius 1 is 1.10 bits per heavy atom. The Kier molecular flexibility index (Phi) is 9.48. The summed E-state index contributed by atoms with van der Waals surface area (Å²) in [5.74, 6) is -0.430. The third kappa shape index (κ3) is 7.65. The van der Waals surface area contributed by atoms with Gasteiger partial charge in [-0.05, 0) is 69.4 Å². The number of hydrogen-bond donors (Lipinski definition) is 3. The molecule has 39 heavy (non-hydrogen) atoms. The molecular weight excluding hydrogens is 498 g/mol. The van der Waals surface area contributed by atoms with Gasteiger partial charge in [0.1, 0.15) is 29.2 Å². The molecular formula is C30H41N3O6. The number of aromatic hydroxyl groups is 1. The van der Waals surface area contributed by atoms with Crippen molar-refractivity contribution < 1.29 is 29.0 Å². The number of nitrogens with one attached hydrogen (secondary N) is 2. The fourth-order valence-corrected chi connectivity index (χ4v) is 4.47. The molecule has 1 aliphatic rings. The molecule has 2 aromatic rings. The van der Waals surface area contributed by atoms with E-state index < -0.39 is 35.6 Å². The Morgan fingerprint density at radius 3 is 2.23 bits per heavy atom. The lowest BCUT2D eigenvalue weighted by Gasteiger charge is -2.36. The Morgan fingerprint density at radius 2 is 1.72 bits per heavy atom. The summed E-state index contributed by atoms with van der Waals surface area (Å²) in [4.78, 5) is 42.5. The van der Waals surface area contributed by atoms with Gasteiger partial charge >= 0.3 is 6.09 Å². The van der Waals surface area contributed by atoms with Gasteiger partial charge in [0.15, 0.2) is 0 Å². The Balaban J connectivity index is 2.03. The van der Waals surface area contributed by atoms with Crippen LogP contribution < -0.4 is 15.4 Å². The lowest BCUT2D eigenvalue weighted by atomic mass is 9.95. The van der Waals surface area contributed by atoms with Gasteiger partial charge in [-0.25, -0.2) is 4.79 Å². The van der Waals surface area contributed by atoms with E-state index in [0.29, 0.717) is 29.8 Å². The first-order chi connectivity index (χ1) is 18.4. The molecule has 9 heteroatoms. The average Bonchev–Trinajstić information content (AvgIpc) is 3.60. The molecule has 0 radical (unpaired) electrons. The van der Waals surface area contributed by atoms with Crippen molar-refractivity contribution in [1.29, 1.82) is 0 Å². The molecule has 3 rings (SSSR count). The van der Waals surface area contributed by atoms with Gasteiger partial charge in [-0.2, -0.15) is 0 Å². The van der Waals surface area contributed by atoms with E-state index in [0.717, 1.165) is 0 Å². The van der Waals surface area contributed by atoms with Crippen LogP contribution in [0.5, 0.6) is 11.5 Å². The smallest absolute Gasteiger partial charge is 0.408 e. The second-order valence-electron chi connectivity index (χ2n) is 11.2. The number of hydrogen-bond acceptors (Lipinski definition) is 6. The summed E-state index contributed by atoms with van der Waals surface area (Å²) in [6.07, 6.45) is 0.608. The van der Waals surface area contributed by atoms with Crippen LogP contribution >= 0.6 is 0 Å². The third-order valence-electron chi connectivity index (χ3n) is 6.95. The number of carbonyl (C=O) groups is 3. The molecule has 1 aliphatic carbocycles. The Labute approximate surface area is 230 Å². The van der Waals surface area contributed by atoms with Crippen molar-refractivity contribution in [3.8, 4) is 11.5 Å². The fraction of sp³-hybridized carbons (Fsp3) is 0.500. The number of methoxy groups -OCH3 is 1. The fourth-order valence-electron chi connectivity index (χ4n) is 4.47. The van der Waals surface area contributed by atoms with E-state index in [1.165, 1.54) is 11.0 Å². The van der Waals surface area contributed by atoms with Crippen LogP contribution in [-0.2, 0) is 14.3 Å². The number of benzene rings is 2. The molecule has 2 aromatic carbocycles. The summed E-state index contributed by atoms with van der Waals surface area (Å²) in [6, 6.07) is 11.1. The SMILES string of the molecule is CCC(C)C(NC(=O)OC(C)(C)C)C(=O)N(C(C(=O)Nc1ccc(OC)cc1)c1ccccc1O)C1CC1C. The van der Waals surface area contributed by atoms with E-state index in [9.17, 15) is 19.5 Å². The van der Waals surface area contributed by atoms with Gasteiger partial charge in [0.25, 0.3) is 5.91 Å². The van der Waals surface area contributed by atoms with Crippen molar-refractivity contribution in [2.75, 3.05) is 12.4 Å². The van der Waals surface area contributed by atoms with Gasteiger partial charge in [-0.1, -0.05) is 45.4 Å². The first kappa shape index (κ1) is 29.8. The predicted octanol–water partition coefficient (Wildman–Crippen LogP) is 5.26. The van der Waals surface area contributed by atoms with E-state index in [1.807, 2.05) is 20.8 Å². The zero-order valence-corrected chi connectivity index (χ0v) is 23.9. The third-order valence-corrected chi connectivity index (χ3v) is 6.95. The highest BCUT2D eigenvalue weighted by atomic mass is 16.6. The number of carbonyl (C=O) groups excluding carboxylic acids is 3. The van der Waals surface area contributed by atoms with E-state index in [2.05, 4.69) is 10.6 Å². The van der Waals surface area contributed by atoms with Gasteiger partial charge < -0.3 is 30.1 Å². The zero-order valence-electron chi connectivity index (χ0n) is 23.9. The van der Waals surface area contributed by atoms with Gasteiger partial charge in [0, 0.05) is 17.3 Å². The summed E-state index contributed by atoms with van der Waals surface area (Å²) < 4.78 is 10.7. The molecule has 0 heterocycles. The molecule has 212 valence electrons. The highest BCUT2D eigenvalue weighted by Gasteiger charge is 2.49. The maximum atomic E-state index is 14.3. The maximum Gasteiger partial charge on any atom is 0.408 e. The first-order valence-electron chi connectivity index (χ1n) is 13.4. The summed E-state index contributed by atoms with van der Waals surface area (Å²) in [5.41, 5.74) is 0.0768. The van der Waals surface area contributed by atoms with Crippen LogP contribution in [0.3, 0.4) is 0 Å². The molecule has 1 fully saturated rings. The quantitative estimate of drug-likeness (QED) is 0.379. The normalized spacial score (nSPS) is 18.7. The van der Waals surface area contributed by atoms with Crippen molar-refractivity contribution >= 4 is 23.6 Å². The van der Waals surface area contributed by atoms with Crippen LogP contribution in [0.1, 0.15) is 66.0 Å². The van der Waals surface area contributed by atoms with Gasteiger partial charge in [-0.3, -0.25) is 9.59 Å². The van der Waals surface area contributed by atoms with Gasteiger partial charge in [0.2, 0.25) is 5.91 Å². The van der Waals surface area contributed by atoms with Gasteiger partial charge in [0.05, 0.1) is 7.11 Å². The first-order valence-corrected chi connectivity index (χ1v) is 13.4. The number of amides is 3.